The number of aromatic nitrogens is 1. The minimum atomic E-state index is -0.454. The lowest BCUT2D eigenvalue weighted by molar-refractivity contribution is 0.0656. The highest BCUT2D eigenvalue weighted by molar-refractivity contribution is 7.15. The summed E-state index contributed by atoms with van der Waals surface area (Å²) in [5, 5.41) is 0.895. The van der Waals surface area contributed by atoms with Crippen LogP contribution in [-0.4, -0.2) is 30.3 Å². The van der Waals surface area contributed by atoms with Gasteiger partial charge >= 0.3 is 5.97 Å². The van der Waals surface area contributed by atoms with E-state index >= 15 is 0 Å². The normalized spacial score (nSPS) is 19.5. The fraction of sp³-hybridized carbons (Fsp3) is 0.429. The fourth-order valence-corrected chi connectivity index (χ4v) is 4.41. The van der Waals surface area contributed by atoms with E-state index in [-0.39, 0.29) is 6.10 Å². The Morgan fingerprint density at radius 3 is 2.89 bits per heavy atom. The number of benzene rings is 1. The van der Waals surface area contributed by atoms with Gasteiger partial charge in [-0.15, -0.1) is 11.3 Å². The molecule has 2 heterocycles. The second-order valence-corrected chi connectivity index (χ2v) is 8.02. The van der Waals surface area contributed by atoms with Crippen LogP contribution in [0.2, 0.25) is 0 Å². The van der Waals surface area contributed by atoms with Crippen LogP contribution in [0.15, 0.2) is 37.2 Å². The summed E-state index contributed by atoms with van der Waals surface area (Å²) in [5.74, 6) is 0.810. The van der Waals surface area contributed by atoms with Gasteiger partial charge in [0.25, 0.3) is 0 Å². The van der Waals surface area contributed by atoms with Crippen LogP contribution in [0.5, 0.6) is 5.75 Å². The average Bonchev–Trinajstić information content (AvgIpc) is 3.30. The number of carbonyl (C=O) groups excluding carboxylic acids is 1. The zero-order valence-electron chi connectivity index (χ0n) is 15.2. The second-order valence-electron chi connectivity index (χ2n) is 6.96. The van der Waals surface area contributed by atoms with E-state index in [9.17, 15) is 4.79 Å². The van der Waals surface area contributed by atoms with E-state index in [0.29, 0.717) is 23.8 Å². The highest BCUT2D eigenvalue weighted by atomic mass is 32.1. The van der Waals surface area contributed by atoms with Gasteiger partial charge in [-0.25, -0.2) is 9.78 Å². The van der Waals surface area contributed by atoms with Crippen molar-refractivity contribution in [2.45, 2.75) is 44.1 Å². The number of thiazole rings is 1. The Balaban J connectivity index is 1.59. The van der Waals surface area contributed by atoms with Gasteiger partial charge in [0, 0.05) is 23.2 Å². The van der Waals surface area contributed by atoms with Crippen molar-refractivity contribution in [3.8, 4) is 16.3 Å². The quantitative estimate of drug-likeness (QED) is 0.499. The number of hydrogen-bond donors (Lipinski definition) is 0. The maximum Gasteiger partial charge on any atom is 0.343 e. The Hall–Kier alpha value is -2.18. The molecule has 0 spiro atoms. The molecule has 1 aromatic heterocycles. The zero-order chi connectivity index (χ0) is 18.6. The van der Waals surface area contributed by atoms with E-state index in [0.717, 1.165) is 36.3 Å². The topological polar surface area (TPSA) is 57.7 Å². The maximum atomic E-state index is 12.2. The van der Waals surface area contributed by atoms with Crippen molar-refractivity contribution in [3.63, 3.8) is 0 Å². The molecule has 1 aromatic carbocycles. The lowest BCUT2D eigenvalue weighted by Gasteiger charge is -2.23. The van der Waals surface area contributed by atoms with E-state index in [1.54, 1.807) is 23.5 Å². The molecule has 2 fully saturated rings. The first-order valence-electron chi connectivity index (χ1n) is 9.40. The summed E-state index contributed by atoms with van der Waals surface area (Å²) in [6, 6.07) is 5.43. The van der Waals surface area contributed by atoms with Crippen LogP contribution in [0.1, 0.15) is 53.3 Å². The van der Waals surface area contributed by atoms with Crippen LogP contribution in [0.3, 0.4) is 0 Å². The van der Waals surface area contributed by atoms with Gasteiger partial charge in [-0.2, -0.15) is 0 Å². The molecular weight excluding hydrogens is 362 g/mol. The number of hydrogen-bond acceptors (Lipinski definition) is 6. The Bertz CT molecular complexity index is 821. The molecular formula is C21H23NO4S. The minimum Gasteiger partial charge on any atom is -0.491 e. The van der Waals surface area contributed by atoms with Gasteiger partial charge in [-0.3, -0.25) is 0 Å². The Morgan fingerprint density at radius 1 is 1.30 bits per heavy atom. The maximum absolute atomic E-state index is 12.2. The van der Waals surface area contributed by atoms with Crippen LogP contribution < -0.4 is 4.74 Å². The van der Waals surface area contributed by atoms with Gasteiger partial charge in [0.2, 0.25) is 0 Å². The molecule has 1 aliphatic heterocycles. The Kier molecular flexibility index (Phi) is 5.55. The van der Waals surface area contributed by atoms with Crippen molar-refractivity contribution < 1.29 is 19.0 Å². The van der Waals surface area contributed by atoms with Gasteiger partial charge in [0.15, 0.2) is 0 Å². The van der Waals surface area contributed by atoms with Crippen molar-refractivity contribution in [1.82, 2.24) is 4.98 Å². The Morgan fingerprint density at radius 2 is 2.19 bits per heavy atom. The number of esters is 1. The van der Waals surface area contributed by atoms with Gasteiger partial charge in [-0.05, 0) is 49.8 Å². The average molecular weight is 385 g/mol. The summed E-state index contributed by atoms with van der Waals surface area (Å²) in [5.41, 5.74) is 1.29. The molecule has 1 aliphatic carbocycles. The minimum absolute atomic E-state index is 0.113. The van der Waals surface area contributed by atoms with Gasteiger partial charge in [0.05, 0.1) is 17.9 Å². The summed E-state index contributed by atoms with van der Waals surface area (Å²) in [6.07, 6.45) is 9.05. The van der Waals surface area contributed by atoms with Gasteiger partial charge in [-0.1, -0.05) is 13.0 Å². The predicted molar refractivity (Wildman–Crippen MR) is 104 cm³/mol. The van der Waals surface area contributed by atoms with Crippen molar-refractivity contribution in [2.24, 2.45) is 0 Å². The molecule has 1 atom stereocenters. The molecule has 0 unspecified atom stereocenters. The van der Waals surface area contributed by atoms with Crippen LogP contribution in [-0.2, 0) is 9.47 Å². The summed E-state index contributed by atoms with van der Waals surface area (Å²) < 4.78 is 16.5. The lowest BCUT2D eigenvalue weighted by atomic mass is 9.85. The molecule has 0 radical (unpaired) electrons. The Labute approximate surface area is 163 Å². The second kappa shape index (κ2) is 8.23. The molecule has 1 saturated heterocycles. The molecule has 1 saturated carbocycles. The summed E-state index contributed by atoms with van der Waals surface area (Å²) in [6.45, 7) is 4.72. The third-order valence-electron chi connectivity index (χ3n) is 5.07. The van der Waals surface area contributed by atoms with Crippen molar-refractivity contribution >= 4 is 17.3 Å². The molecule has 0 N–H and O–H groups in total. The third kappa shape index (κ3) is 4.22. The van der Waals surface area contributed by atoms with Crippen LogP contribution in [0.4, 0.5) is 0 Å². The van der Waals surface area contributed by atoms with E-state index in [1.165, 1.54) is 24.1 Å². The number of carbonyl (C=O) groups is 1. The van der Waals surface area contributed by atoms with E-state index in [1.807, 2.05) is 12.3 Å². The summed E-state index contributed by atoms with van der Waals surface area (Å²) in [7, 11) is 0. The zero-order valence-corrected chi connectivity index (χ0v) is 16.0. The van der Waals surface area contributed by atoms with Crippen LogP contribution >= 0.6 is 11.3 Å². The number of ether oxygens (including phenoxy) is 3. The van der Waals surface area contributed by atoms with Gasteiger partial charge in [0.1, 0.15) is 17.4 Å². The molecule has 0 bridgehead atoms. The van der Waals surface area contributed by atoms with E-state index in [2.05, 4.69) is 11.6 Å². The monoisotopic (exact) mass is 385 g/mol. The molecule has 5 nitrogen and oxygen atoms in total. The standard InChI is InChI=1S/C21H23NO4S/c1-2-24-21(23)16-9-15(20-22-12-19(27-20)14-5-3-6-14)10-18(11-16)26-13-17-7-4-8-25-17/h2,9-12,14,17H,1,3-8,13H2/t17-/m1/s1. The molecule has 0 amide bonds. The molecule has 2 aromatic rings. The number of rotatable bonds is 7. The fourth-order valence-electron chi connectivity index (χ4n) is 3.33. The lowest BCUT2D eigenvalue weighted by Crippen LogP contribution is -2.16. The van der Waals surface area contributed by atoms with Gasteiger partial charge < -0.3 is 14.2 Å². The molecule has 2 aliphatic rings. The summed E-state index contributed by atoms with van der Waals surface area (Å²) in [4.78, 5) is 18.1. The highest BCUT2D eigenvalue weighted by Crippen LogP contribution is 2.41. The first kappa shape index (κ1) is 18.2. The third-order valence-corrected chi connectivity index (χ3v) is 6.28. The summed E-state index contributed by atoms with van der Waals surface area (Å²) >= 11 is 1.69. The predicted octanol–water partition coefficient (Wildman–Crippen LogP) is 4.94. The molecule has 6 heteroatoms. The van der Waals surface area contributed by atoms with Crippen molar-refractivity contribution in [3.05, 3.63) is 47.7 Å². The smallest absolute Gasteiger partial charge is 0.343 e. The van der Waals surface area contributed by atoms with Crippen LogP contribution in [0, 0.1) is 0 Å². The van der Waals surface area contributed by atoms with E-state index < -0.39 is 5.97 Å². The molecule has 142 valence electrons. The largest absolute Gasteiger partial charge is 0.491 e. The van der Waals surface area contributed by atoms with Crippen LogP contribution in [0.25, 0.3) is 10.6 Å². The first-order chi connectivity index (χ1) is 13.2. The molecule has 4 rings (SSSR count). The SMILES string of the molecule is C=COC(=O)c1cc(OC[C@H]2CCCO2)cc(-c2ncc(C3CCC3)s2)c1. The number of nitrogens with zero attached hydrogens (tertiary/aromatic N) is 1. The van der Waals surface area contributed by atoms with E-state index in [4.69, 9.17) is 14.2 Å². The van der Waals surface area contributed by atoms with Crippen molar-refractivity contribution in [2.75, 3.05) is 13.2 Å². The highest BCUT2D eigenvalue weighted by Gasteiger charge is 2.23. The van der Waals surface area contributed by atoms with Crippen molar-refractivity contribution in [1.29, 1.82) is 0 Å². The first-order valence-corrected chi connectivity index (χ1v) is 10.2. The molecule has 27 heavy (non-hydrogen) atoms.